The van der Waals surface area contributed by atoms with Crippen LogP contribution in [0.1, 0.15) is 127 Å². The maximum absolute atomic E-state index is 2.75. The third-order valence-electron chi connectivity index (χ3n) is 20.4. The summed E-state index contributed by atoms with van der Waals surface area (Å²) in [5.74, 6) is 2.34. The van der Waals surface area contributed by atoms with E-state index in [4.69, 9.17) is 0 Å². The van der Waals surface area contributed by atoms with Crippen LogP contribution in [0.15, 0.2) is 209 Å². The minimum Gasteiger partial charge on any atom is -0.337 e. The highest BCUT2D eigenvalue weighted by atomic mass is 15.2. The van der Waals surface area contributed by atoms with Crippen molar-refractivity contribution >= 4 is 33.9 Å². The predicted octanol–water partition coefficient (Wildman–Crippen LogP) is 19.9. The summed E-state index contributed by atoms with van der Waals surface area (Å²) in [5.41, 5.74) is 30.6. The van der Waals surface area contributed by atoms with Gasteiger partial charge in [-0.1, -0.05) is 187 Å². The second-order valence-electron chi connectivity index (χ2n) is 26.2. The summed E-state index contributed by atoms with van der Waals surface area (Å²) in [7, 11) is 0. The van der Waals surface area contributed by atoms with Gasteiger partial charge in [0.15, 0.2) is 0 Å². The van der Waals surface area contributed by atoms with Crippen LogP contribution >= 0.6 is 0 Å². The summed E-state index contributed by atoms with van der Waals surface area (Å²) in [6.45, 7) is 28.8. The maximum Gasteiger partial charge on any atom is 0.0609 e. The molecule has 0 bridgehead atoms. The molecule has 8 aliphatic rings. The Bertz CT molecular complexity index is 3640. The van der Waals surface area contributed by atoms with E-state index in [1.165, 1.54) is 101 Å². The van der Waals surface area contributed by atoms with Gasteiger partial charge in [0.25, 0.3) is 0 Å². The fourth-order valence-corrected chi connectivity index (χ4v) is 16.5. The van der Waals surface area contributed by atoms with E-state index in [9.17, 15) is 0 Å². The Balaban J connectivity index is 0.823. The van der Waals surface area contributed by atoms with Crippen molar-refractivity contribution in [3.8, 4) is 11.1 Å². The zero-order valence-electron chi connectivity index (χ0n) is 47.9. The third-order valence-corrected chi connectivity index (χ3v) is 20.4. The Morgan fingerprint density at radius 2 is 1.08 bits per heavy atom. The lowest BCUT2D eigenvalue weighted by atomic mass is 9.68. The van der Waals surface area contributed by atoms with Crippen LogP contribution in [0.5, 0.6) is 0 Å². The number of fused-ring (bicyclic) bond motifs is 9. The van der Waals surface area contributed by atoms with Gasteiger partial charge in [-0.3, -0.25) is 0 Å². The Hall–Kier alpha value is -6.90. The van der Waals surface area contributed by atoms with E-state index in [1.807, 2.05) is 0 Å². The minimum atomic E-state index is -0.0914. The van der Waals surface area contributed by atoms with Gasteiger partial charge >= 0.3 is 0 Å². The molecule has 0 N–H and O–H groups in total. The second kappa shape index (κ2) is 18.1. The molecule has 2 fully saturated rings. The SMILES string of the molecule is CC1=CC(C)C(N(C2=CC=C3C4=CC=CCC4C(C)(C)C3C2)c2cccc(C3=CC=C4C5=CC=C(c6cccc(N(c7ccc8c(c7)C(C)(C)c7ccccc7-8)c7c(C)cc(C)cc7C)c6)CC5C(C)(C)C4C3)c2)C(C)=C1. The van der Waals surface area contributed by atoms with Gasteiger partial charge in [0.05, 0.1) is 11.7 Å². The van der Waals surface area contributed by atoms with E-state index in [0.717, 1.165) is 25.7 Å². The molecule has 5 aromatic rings. The first-order valence-electron chi connectivity index (χ1n) is 29.0. The Morgan fingerprint density at radius 1 is 0.506 bits per heavy atom. The Morgan fingerprint density at radius 3 is 1.75 bits per heavy atom. The van der Waals surface area contributed by atoms with Crippen LogP contribution < -0.4 is 9.80 Å². The lowest BCUT2D eigenvalue weighted by molar-refractivity contribution is 0.204. The van der Waals surface area contributed by atoms with Crippen molar-refractivity contribution in [1.29, 1.82) is 0 Å². The van der Waals surface area contributed by atoms with Crippen molar-refractivity contribution in [2.24, 2.45) is 40.4 Å². The molecule has 77 heavy (non-hydrogen) atoms. The summed E-state index contributed by atoms with van der Waals surface area (Å²) in [6.07, 6.45) is 31.2. The van der Waals surface area contributed by atoms with Crippen LogP contribution in [0.3, 0.4) is 0 Å². The van der Waals surface area contributed by atoms with Crippen molar-refractivity contribution in [2.45, 2.75) is 120 Å². The molecule has 0 amide bonds. The summed E-state index contributed by atoms with van der Waals surface area (Å²) in [4.78, 5) is 5.29. The average molecular weight is 1010 g/mol. The first kappa shape index (κ1) is 49.7. The number of hydrogen-bond acceptors (Lipinski definition) is 2. The molecule has 0 saturated heterocycles. The molecule has 2 nitrogen and oxygen atoms in total. The van der Waals surface area contributed by atoms with Gasteiger partial charge in [-0.25, -0.2) is 0 Å². The largest absolute Gasteiger partial charge is 0.337 e. The molecule has 13 rings (SSSR count). The Labute approximate surface area is 461 Å². The summed E-state index contributed by atoms with van der Waals surface area (Å²) >= 11 is 0. The maximum atomic E-state index is 2.75. The van der Waals surface area contributed by atoms with Crippen molar-refractivity contribution in [3.63, 3.8) is 0 Å². The van der Waals surface area contributed by atoms with Gasteiger partial charge in [-0.2, -0.15) is 0 Å². The minimum absolute atomic E-state index is 0.0751. The molecule has 5 aromatic carbocycles. The van der Waals surface area contributed by atoms with Gasteiger partial charge in [-0.15, -0.1) is 0 Å². The fraction of sp³-hybridized carbons (Fsp3) is 0.333. The summed E-state index contributed by atoms with van der Waals surface area (Å²) < 4.78 is 0. The fourth-order valence-electron chi connectivity index (χ4n) is 16.5. The zero-order valence-corrected chi connectivity index (χ0v) is 47.9. The average Bonchev–Trinajstić information content (AvgIpc) is 3.99. The standard InChI is InChI=1S/C75H78N2/c1-45-35-47(3)71(48(4)36-45)76(57-29-33-63-59-23-13-15-25-65(59)73(7,8)69(63)43-57)55-21-17-19-51(39-55)53-27-31-61-62-32-28-54(42-68(62)75(11,12)67(61)41-53)52-20-18-22-56(40-52)77(72-49(5)37-46(2)38-50(72)6)58-30-34-64-60-24-14-16-26-66(60)74(9,10)70(64)44-58/h13-25,27-40,43,49,66-68,70,72H,26,41-42,44H2,1-12H3. The second-order valence-corrected chi connectivity index (χ2v) is 26.2. The molecule has 2 saturated carbocycles. The van der Waals surface area contributed by atoms with Crippen molar-refractivity contribution < 1.29 is 0 Å². The van der Waals surface area contributed by atoms with Crippen LogP contribution in [0.25, 0.3) is 22.3 Å². The number of allylic oxidation sites excluding steroid dienone is 18. The van der Waals surface area contributed by atoms with Gasteiger partial charge in [0, 0.05) is 28.2 Å². The lowest BCUT2D eigenvalue weighted by Gasteiger charge is -2.43. The van der Waals surface area contributed by atoms with Gasteiger partial charge in [0.1, 0.15) is 0 Å². The summed E-state index contributed by atoms with van der Waals surface area (Å²) in [5, 5.41) is 0. The molecule has 0 heterocycles. The number of anilines is 4. The normalized spacial score (nSPS) is 25.6. The van der Waals surface area contributed by atoms with E-state index < -0.39 is 0 Å². The molecule has 388 valence electrons. The Kier molecular flexibility index (Phi) is 11.7. The zero-order chi connectivity index (χ0) is 53.4. The third kappa shape index (κ3) is 7.85. The van der Waals surface area contributed by atoms with E-state index >= 15 is 0 Å². The van der Waals surface area contributed by atoms with Crippen molar-refractivity contribution in [1.82, 2.24) is 0 Å². The molecule has 8 aliphatic carbocycles. The molecule has 6 atom stereocenters. The number of rotatable bonds is 8. The van der Waals surface area contributed by atoms with Crippen molar-refractivity contribution in [3.05, 3.63) is 248 Å². The molecular weight excluding hydrogens is 929 g/mol. The van der Waals surface area contributed by atoms with Gasteiger partial charge in [-0.05, 0) is 227 Å². The lowest BCUT2D eigenvalue weighted by Crippen LogP contribution is -2.42. The van der Waals surface area contributed by atoms with Crippen LogP contribution in [0, 0.1) is 61.2 Å². The molecule has 0 aliphatic heterocycles. The molecule has 0 spiro atoms. The van der Waals surface area contributed by atoms with E-state index in [-0.39, 0.29) is 22.3 Å². The van der Waals surface area contributed by atoms with Crippen LogP contribution in [-0.4, -0.2) is 6.04 Å². The highest BCUT2D eigenvalue weighted by Crippen LogP contribution is 2.63. The quantitative estimate of drug-likeness (QED) is 0.153. The molecule has 0 radical (unpaired) electrons. The highest BCUT2D eigenvalue weighted by Gasteiger charge is 2.52. The number of benzene rings is 5. The molecule has 0 aromatic heterocycles. The first-order chi connectivity index (χ1) is 36.9. The highest BCUT2D eigenvalue weighted by molar-refractivity contribution is 5.88. The van der Waals surface area contributed by atoms with Crippen LogP contribution in [-0.2, 0) is 5.41 Å². The summed E-state index contributed by atoms with van der Waals surface area (Å²) in [6, 6.07) is 40.2. The van der Waals surface area contributed by atoms with E-state index in [1.54, 1.807) is 22.3 Å². The number of nitrogens with zero attached hydrogens (tertiary/aromatic N) is 2. The predicted molar refractivity (Wildman–Crippen MR) is 328 cm³/mol. The van der Waals surface area contributed by atoms with Crippen LogP contribution in [0.2, 0.25) is 0 Å². The van der Waals surface area contributed by atoms with E-state index in [0.29, 0.717) is 29.6 Å². The van der Waals surface area contributed by atoms with E-state index in [2.05, 4.69) is 263 Å². The molecular formula is C75H78N2. The van der Waals surface area contributed by atoms with Crippen molar-refractivity contribution in [2.75, 3.05) is 9.80 Å². The number of hydrogen-bond donors (Lipinski definition) is 0. The molecule has 2 heteroatoms. The number of aryl methyl sites for hydroxylation is 3. The topological polar surface area (TPSA) is 6.48 Å². The van der Waals surface area contributed by atoms with Gasteiger partial charge < -0.3 is 9.80 Å². The van der Waals surface area contributed by atoms with Gasteiger partial charge in [0.2, 0.25) is 0 Å². The van der Waals surface area contributed by atoms with Crippen LogP contribution in [0.4, 0.5) is 22.7 Å². The molecule has 6 unspecified atom stereocenters. The smallest absolute Gasteiger partial charge is 0.0609 e. The monoisotopic (exact) mass is 1010 g/mol. The first-order valence-corrected chi connectivity index (χ1v) is 29.0.